The first kappa shape index (κ1) is 10.6. The standard InChI is InChI=1S/C7H15NO2S/c1-7(2,11-4)5-8-6(9)10-3/h5H2,1-4H3,(H,8,9). The zero-order valence-corrected chi connectivity index (χ0v) is 8.25. The molecule has 3 nitrogen and oxygen atoms in total. The monoisotopic (exact) mass is 177 g/mol. The van der Waals surface area contributed by atoms with Crippen LogP contribution in [0.25, 0.3) is 0 Å². The van der Waals surface area contributed by atoms with Crippen LogP contribution in [0.5, 0.6) is 0 Å². The fourth-order valence-corrected chi connectivity index (χ4v) is 0.646. The Bertz CT molecular complexity index is 136. The predicted octanol–water partition coefficient (Wildman–Crippen LogP) is 1.48. The lowest BCUT2D eigenvalue weighted by atomic mass is 10.2. The van der Waals surface area contributed by atoms with E-state index in [1.54, 1.807) is 11.8 Å². The number of hydrogen-bond donors (Lipinski definition) is 1. The SMILES string of the molecule is COC(=O)NCC(C)(C)SC. The topological polar surface area (TPSA) is 38.3 Å². The number of ether oxygens (including phenoxy) is 1. The molecule has 0 heterocycles. The summed E-state index contributed by atoms with van der Waals surface area (Å²) < 4.78 is 4.51. The zero-order chi connectivity index (χ0) is 8.91. The summed E-state index contributed by atoms with van der Waals surface area (Å²) in [6.45, 7) is 4.75. The molecule has 4 heteroatoms. The summed E-state index contributed by atoms with van der Waals surface area (Å²) in [5.74, 6) is 0. The Morgan fingerprint density at radius 1 is 1.64 bits per heavy atom. The van der Waals surface area contributed by atoms with Crippen molar-refractivity contribution >= 4 is 17.9 Å². The van der Waals surface area contributed by atoms with E-state index in [-0.39, 0.29) is 10.8 Å². The number of rotatable bonds is 3. The van der Waals surface area contributed by atoms with Gasteiger partial charge in [-0.05, 0) is 20.1 Å². The quantitative estimate of drug-likeness (QED) is 0.709. The van der Waals surface area contributed by atoms with Crippen LogP contribution in [-0.2, 0) is 4.74 Å². The normalized spacial score (nSPS) is 10.9. The van der Waals surface area contributed by atoms with Crippen molar-refractivity contribution in [2.75, 3.05) is 19.9 Å². The number of hydrogen-bond acceptors (Lipinski definition) is 3. The molecule has 0 radical (unpaired) electrons. The number of alkyl carbamates (subject to hydrolysis) is 1. The summed E-state index contributed by atoms with van der Waals surface area (Å²) in [7, 11) is 1.36. The minimum Gasteiger partial charge on any atom is -0.453 e. The van der Waals surface area contributed by atoms with E-state index in [2.05, 4.69) is 23.9 Å². The molecule has 0 atom stereocenters. The maximum absolute atomic E-state index is 10.6. The minimum absolute atomic E-state index is 0.0776. The summed E-state index contributed by atoms with van der Waals surface area (Å²) in [4.78, 5) is 10.6. The third-order valence-electron chi connectivity index (χ3n) is 1.40. The van der Waals surface area contributed by atoms with Crippen LogP contribution in [0.4, 0.5) is 4.79 Å². The molecule has 0 aromatic rings. The average molecular weight is 177 g/mol. The second-order valence-electron chi connectivity index (χ2n) is 2.81. The molecular formula is C7H15NO2S. The predicted molar refractivity (Wildman–Crippen MR) is 48.0 cm³/mol. The van der Waals surface area contributed by atoms with Gasteiger partial charge in [0.15, 0.2) is 0 Å². The molecule has 11 heavy (non-hydrogen) atoms. The van der Waals surface area contributed by atoms with Gasteiger partial charge >= 0.3 is 6.09 Å². The largest absolute Gasteiger partial charge is 0.453 e. The van der Waals surface area contributed by atoms with Crippen LogP contribution in [0, 0.1) is 0 Å². The summed E-state index contributed by atoms with van der Waals surface area (Å²) in [5, 5.41) is 2.64. The molecule has 0 bridgehead atoms. The van der Waals surface area contributed by atoms with Crippen molar-refractivity contribution in [2.24, 2.45) is 0 Å². The molecule has 0 spiro atoms. The van der Waals surface area contributed by atoms with Crippen LogP contribution in [0.2, 0.25) is 0 Å². The zero-order valence-electron chi connectivity index (χ0n) is 7.43. The van der Waals surface area contributed by atoms with Gasteiger partial charge in [0.1, 0.15) is 0 Å². The molecule has 0 aliphatic heterocycles. The number of carbonyl (C=O) groups excluding carboxylic acids is 1. The van der Waals surface area contributed by atoms with Gasteiger partial charge in [-0.1, -0.05) is 0 Å². The third-order valence-corrected chi connectivity index (χ3v) is 2.65. The molecule has 1 N–H and O–H groups in total. The number of nitrogens with one attached hydrogen (secondary N) is 1. The van der Waals surface area contributed by atoms with E-state index in [1.807, 2.05) is 6.26 Å². The van der Waals surface area contributed by atoms with E-state index < -0.39 is 0 Å². The van der Waals surface area contributed by atoms with Crippen molar-refractivity contribution in [3.63, 3.8) is 0 Å². The molecule has 0 saturated heterocycles. The van der Waals surface area contributed by atoms with E-state index in [0.717, 1.165) is 0 Å². The number of thioether (sulfide) groups is 1. The van der Waals surface area contributed by atoms with Gasteiger partial charge in [-0.3, -0.25) is 0 Å². The van der Waals surface area contributed by atoms with E-state index in [1.165, 1.54) is 7.11 Å². The highest BCUT2D eigenvalue weighted by Crippen LogP contribution is 2.19. The summed E-state index contributed by atoms with van der Waals surface area (Å²) >= 11 is 1.71. The van der Waals surface area contributed by atoms with Gasteiger partial charge in [-0.15, -0.1) is 0 Å². The minimum atomic E-state index is -0.368. The van der Waals surface area contributed by atoms with Gasteiger partial charge < -0.3 is 10.1 Å². The Morgan fingerprint density at radius 3 is 2.55 bits per heavy atom. The molecule has 0 aromatic carbocycles. The van der Waals surface area contributed by atoms with Crippen LogP contribution >= 0.6 is 11.8 Å². The maximum Gasteiger partial charge on any atom is 0.406 e. The molecule has 0 fully saturated rings. The van der Waals surface area contributed by atoms with Crippen molar-refractivity contribution in [1.82, 2.24) is 5.32 Å². The second kappa shape index (κ2) is 4.49. The van der Waals surface area contributed by atoms with Crippen LogP contribution in [-0.4, -0.2) is 30.8 Å². The van der Waals surface area contributed by atoms with Crippen LogP contribution in [0.1, 0.15) is 13.8 Å². The molecule has 0 aromatic heterocycles. The smallest absolute Gasteiger partial charge is 0.406 e. The summed E-state index contributed by atoms with van der Waals surface area (Å²) in [6, 6.07) is 0. The first-order chi connectivity index (χ1) is 5.02. The molecular weight excluding hydrogens is 162 g/mol. The van der Waals surface area contributed by atoms with Gasteiger partial charge in [0.25, 0.3) is 0 Å². The number of methoxy groups -OCH3 is 1. The lowest BCUT2D eigenvalue weighted by Gasteiger charge is -2.21. The Balaban J connectivity index is 3.61. The second-order valence-corrected chi connectivity index (χ2v) is 4.32. The Morgan fingerprint density at radius 2 is 2.18 bits per heavy atom. The summed E-state index contributed by atoms with van der Waals surface area (Å²) in [5.41, 5.74) is 0. The molecule has 0 rings (SSSR count). The highest BCUT2D eigenvalue weighted by molar-refractivity contribution is 7.99. The van der Waals surface area contributed by atoms with E-state index in [4.69, 9.17) is 0 Å². The Kier molecular flexibility index (Phi) is 4.33. The lowest BCUT2D eigenvalue weighted by molar-refractivity contribution is 0.170. The average Bonchev–Trinajstić information content (AvgIpc) is 2.00. The first-order valence-electron chi connectivity index (χ1n) is 3.39. The molecule has 0 saturated carbocycles. The van der Waals surface area contributed by atoms with Crippen molar-refractivity contribution in [3.05, 3.63) is 0 Å². The van der Waals surface area contributed by atoms with Gasteiger partial charge in [0.05, 0.1) is 7.11 Å². The molecule has 66 valence electrons. The van der Waals surface area contributed by atoms with E-state index in [9.17, 15) is 4.79 Å². The van der Waals surface area contributed by atoms with E-state index >= 15 is 0 Å². The maximum atomic E-state index is 10.6. The van der Waals surface area contributed by atoms with Gasteiger partial charge in [-0.25, -0.2) is 4.79 Å². The van der Waals surface area contributed by atoms with Crippen molar-refractivity contribution in [2.45, 2.75) is 18.6 Å². The van der Waals surface area contributed by atoms with E-state index in [0.29, 0.717) is 6.54 Å². The Hall–Kier alpha value is -0.380. The van der Waals surface area contributed by atoms with Crippen LogP contribution in [0.15, 0.2) is 0 Å². The number of amides is 1. The molecule has 0 unspecified atom stereocenters. The van der Waals surface area contributed by atoms with Gasteiger partial charge in [-0.2, -0.15) is 11.8 Å². The number of carbonyl (C=O) groups is 1. The molecule has 0 aliphatic rings. The molecule has 0 aliphatic carbocycles. The van der Waals surface area contributed by atoms with Gasteiger partial charge in [0.2, 0.25) is 0 Å². The fourth-order valence-electron chi connectivity index (χ4n) is 0.429. The van der Waals surface area contributed by atoms with Crippen molar-refractivity contribution in [3.8, 4) is 0 Å². The fraction of sp³-hybridized carbons (Fsp3) is 0.857. The van der Waals surface area contributed by atoms with Crippen molar-refractivity contribution < 1.29 is 9.53 Å². The third kappa shape index (κ3) is 4.95. The lowest BCUT2D eigenvalue weighted by Crippen LogP contribution is -2.35. The highest BCUT2D eigenvalue weighted by atomic mass is 32.2. The molecule has 1 amide bonds. The van der Waals surface area contributed by atoms with Crippen molar-refractivity contribution in [1.29, 1.82) is 0 Å². The van der Waals surface area contributed by atoms with Gasteiger partial charge in [0, 0.05) is 11.3 Å². The first-order valence-corrected chi connectivity index (χ1v) is 4.61. The summed E-state index contributed by atoms with van der Waals surface area (Å²) in [6.07, 6.45) is 1.64. The van der Waals surface area contributed by atoms with Crippen LogP contribution in [0.3, 0.4) is 0 Å². The highest BCUT2D eigenvalue weighted by Gasteiger charge is 2.16. The Labute approximate surface area is 71.9 Å². The van der Waals surface area contributed by atoms with Crippen LogP contribution < -0.4 is 5.32 Å².